The molecule has 184 valence electrons. The zero-order valence-electron chi connectivity index (χ0n) is 20.0. The van der Waals surface area contributed by atoms with Gasteiger partial charge in [0.1, 0.15) is 0 Å². The van der Waals surface area contributed by atoms with Crippen molar-refractivity contribution in [3.8, 4) is 5.69 Å². The molecule has 0 amide bonds. The van der Waals surface area contributed by atoms with Crippen molar-refractivity contribution in [2.24, 2.45) is 5.41 Å². The van der Waals surface area contributed by atoms with E-state index in [0.717, 1.165) is 11.6 Å². The number of fused-ring (bicyclic) bond motifs is 1. The largest absolute Gasteiger partial charge is 0.354 e. The van der Waals surface area contributed by atoms with Crippen LogP contribution in [0.5, 0.6) is 0 Å². The highest BCUT2D eigenvalue weighted by molar-refractivity contribution is 7.86. The molecule has 0 saturated heterocycles. The van der Waals surface area contributed by atoms with E-state index in [1.54, 1.807) is 12.3 Å². The lowest BCUT2D eigenvalue weighted by molar-refractivity contribution is 0.203. The molecular formula is C23H28ClFN4O4S. The van der Waals surface area contributed by atoms with Crippen LogP contribution >= 0.6 is 11.6 Å². The molecule has 0 saturated carbocycles. The summed E-state index contributed by atoms with van der Waals surface area (Å²) in [6, 6.07) is 2.87. The number of nitrogens with zero attached hydrogens (tertiary/aromatic N) is 4. The van der Waals surface area contributed by atoms with Gasteiger partial charge in [0.25, 0.3) is 10.1 Å². The maximum Gasteiger partial charge on any atom is 0.354 e. The molecule has 3 rings (SSSR count). The number of pyridine rings is 2. The van der Waals surface area contributed by atoms with Crippen LogP contribution in [-0.4, -0.2) is 40.3 Å². The van der Waals surface area contributed by atoms with Gasteiger partial charge < -0.3 is 0 Å². The summed E-state index contributed by atoms with van der Waals surface area (Å²) in [5.74, 6) is -1.26. The van der Waals surface area contributed by atoms with Gasteiger partial charge in [-0.1, -0.05) is 46.2 Å². The Morgan fingerprint density at radius 2 is 1.91 bits per heavy atom. The number of rotatable bonds is 7. The van der Waals surface area contributed by atoms with Gasteiger partial charge in [0.2, 0.25) is 0 Å². The summed E-state index contributed by atoms with van der Waals surface area (Å²) in [4.78, 5) is 25.9. The first-order valence-electron chi connectivity index (χ1n) is 10.8. The van der Waals surface area contributed by atoms with E-state index in [1.807, 2.05) is 41.5 Å². The number of halogens is 2. The van der Waals surface area contributed by atoms with Crippen molar-refractivity contribution in [3.05, 3.63) is 56.7 Å². The van der Waals surface area contributed by atoms with Crippen LogP contribution in [0.2, 0.25) is 5.15 Å². The smallest absolute Gasteiger partial charge is 0.270 e. The summed E-state index contributed by atoms with van der Waals surface area (Å²) in [7, 11) is -3.90. The third-order valence-electron chi connectivity index (χ3n) is 5.04. The van der Waals surface area contributed by atoms with Crippen LogP contribution in [0.3, 0.4) is 0 Å². The summed E-state index contributed by atoms with van der Waals surface area (Å²) in [5.41, 5.74) is 1.00. The Hall–Kier alpha value is -2.43. The van der Waals surface area contributed by atoms with Crippen LogP contribution < -0.4 is 5.69 Å². The number of aromatic nitrogens is 4. The Balaban J connectivity index is 2.17. The number of hydrogen-bond donors (Lipinski definition) is 0. The highest BCUT2D eigenvalue weighted by Gasteiger charge is 2.23. The molecule has 8 nitrogen and oxygen atoms in total. The van der Waals surface area contributed by atoms with E-state index < -0.39 is 32.5 Å². The van der Waals surface area contributed by atoms with Gasteiger partial charge in [-0.25, -0.2) is 18.7 Å². The highest BCUT2D eigenvalue weighted by atomic mass is 35.5. The molecule has 0 fully saturated rings. The third-order valence-corrected chi connectivity index (χ3v) is 6.49. The van der Waals surface area contributed by atoms with Crippen LogP contribution in [0.4, 0.5) is 4.39 Å². The van der Waals surface area contributed by atoms with Crippen molar-refractivity contribution in [1.82, 2.24) is 19.5 Å². The second-order valence-electron chi connectivity index (χ2n) is 9.66. The molecule has 34 heavy (non-hydrogen) atoms. The molecule has 0 unspecified atom stereocenters. The lowest BCUT2D eigenvalue weighted by atomic mass is 9.99. The van der Waals surface area contributed by atoms with E-state index >= 15 is 0 Å². The Morgan fingerprint density at radius 3 is 2.53 bits per heavy atom. The molecule has 0 aliphatic heterocycles. The SMILES string of the molecule is Cc1ccnc(C(C)C)c1-n1c(=O)nc(CCS(=O)(=O)OCC(C)(C)C)c2cc(F)c(Cl)nc21. The Morgan fingerprint density at radius 1 is 1.24 bits per heavy atom. The van der Waals surface area contributed by atoms with Gasteiger partial charge in [0.05, 0.1) is 29.4 Å². The summed E-state index contributed by atoms with van der Waals surface area (Å²) in [6.07, 6.45) is 1.48. The summed E-state index contributed by atoms with van der Waals surface area (Å²) in [5, 5.41) is -0.225. The quantitative estimate of drug-likeness (QED) is 0.344. The third kappa shape index (κ3) is 5.79. The van der Waals surface area contributed by atoms with Crippen molar-refractivity contribution in [3.63, 3.8) is 0 Å². The van der Waals surface area contributed by atoms with Gasteiger partial charge in [-0.3, -0.25) is 9.17 Å². The Kier molecular flexibility index (Phi) is 7.45. The van der Waals surface area contributed by atoms with Crippen molar-refractivity contribution in [2.75, 3.05) is 12.4 Å². The fraction of sp³-hybridized carbons (Fsp3) is 0.478. The molecule has 0 spiro atoms. The van der Waals surface area contributed by atoms with E-state index in [-0.39, 0.29) is 41.1 Å². The Labute approximate surface area is 203 Å². The molecule has 0 aromatic carbocycles. The number of hydrogen-bond acceptors (Lipinski definition) is 7. The fourth-order valence-electron chi connectivity index (χ4n) is 3.38. The minimum absolute atomic E-state index is 0.00909. The van der Waals surface area contributed by atoms with Gasteiger partial charge >= 0.3 is 5.69 Å². The average molecular weight is 511 g/mol. The molecule has 3 heterocycles. The maximum atomic E-state index is 14.4. The van der Waals surface area contributed by atoms with Crippen LogP contribution in [0.1, 0.15) is 57.5 Å². The van der Waals surface area contributed by atoms with E-state index in [1.165, 1.54) is 4.57 Å². The maximum absolute atomic E-state index is 14.4. The number of aryl methyl sites for hydroxylation is 2. The highest BCUT2D eigenvalue weighted by Crippen LogP contribution is 2.28. The van der Waals surface area contributed by atoms with Gasteiger partial charge in [0.15, 0.2) is 16.6 Å². The van der Waals surface area contributed by atoms with Gasteiger partial charge in [-0.15, -0.1) is 0 Å². The molecule has 0 aliphatic rings. The molecule has 0 atom stereocenters. The van der Waals surface area contributed by atoms with E-state index in [0.29, 0.717) is 11.4 Å². The molecule has 11 heteroatoms. The van der Waals surface area contributed by atoms with Crippen LogP contribution in [0.15, 0.2) is 23.1 Å². The summed E-state index contributed by atoms with van der Waals surface area (Å²) in [6.45, 7) is 11.2. The predicted octanol–water partition coefficient (Wildman–Crippen LogP) is 4.34. The zero-order chi connectivity index (χ0) is 25.4. The van der Waals surface area contributed by atoms with Crippen LogP contribution in [-0.2, 0) is 20.7 Å². The molecule has 0 N–H and O–H groups in total. The lowest BCUT2D eigenvalue weighted by Gasteiger charge is -2.19. The average Bonchev–Trinajstić information content (AvgIpc) is 2.72. The van der Waals surface area contributed by atoms with Gasteiger partial charge in [0, 0.05) is 18.0 Å². The molecule has 0 bridgehead atoms. The van der Waals surface area contributed by atoms with Gasteiger partial charge in [-0.2, -0.15) is 13.4 Å². The first-order valence-corrected chi connectivity index (χ1v) is 12.8. The first-order chi connectivity index (χ1) is 15.7. The Bertz CT molecular complexity index is 1400. The fourth-order valence-corrected chi connectivity index (χ4v) is 4.61. The van der Waals surface area contributed by atoms with Crippen LogP contribution in [0, 0.1) is 18.2 Å². The summed E-state index contributed by atoms with van der Waals surface area (Å²) < 4.78 is 45.5. The standard InChI is InChI=1S/C23H28ClFN4O4S/c1-13(2)18-19(14(3)7-9-26-18)29-21-15(11-16(25)20(24)28-21)17(27-22(29)30)8-10-34(31,32)33-12-23(4,5)6/h7,9,11,13H,8,10,12H2,1-6H3. The minimum atomic E-state index is -3.90. The van der Waals surface area contributed by atoms with E-state index in [4.69, 9.17) is 15.8 Å². The zero-order valence-corrected chi connectivity index (χ0v) is 21.6. The van der Waals surface area contributed by atoms with Crippen molar-refractivity contribution in [2.45, 2.75) is 53.9 Å². The van der Waals surface area contributed by atoms with E-state index in [2.05, 4.69) is 15.0 Å². The predicted molar refractivity (Wildman–Crippen MR) is 130 cm³/mol. The van der Waals surface area contributed by atoms with Crippen molar-refractivity contribution >= 4 is 32.8 Å². The van der Waals surface area contributed by atoms with Crippen molar-refractivity contribution < 1.29 is 17.0 Å². The van der Waals surface area contributed by atoms with Gasteiger partial charge in [-0.05, 0) is 36.0 Å². The minimum Gasteiger partial charge on any atom is -0.270 e. The molecule has 0 radical (unpaired) electrons. The molecule has 3 aromatic heterocycles. The second kappa shape index (κ2) is 9.67. The summed E-state index contributed by atoms with van der Waals surface area (Å²) >= 11 is 5.97. The molecule has 3 aromatic rings. The van der Waals surface area contributed by atoms with Crippen molar-refractivity contribution in [1.29, 1.82) is 0 Å². The van der Waals surface area contributed by atoms with Crippen LogP contribution in [0.25, 0.3) is 16.7 Å². The lowest BCUT2D eigenvalue weighted by Crippen LogP contribution is -2.27. The molecular weight excluding hydrogens is 483 g/mol. The topological polar surface area (TPSA) is 104 Å². The second-order valence-corrected chi connectivity index (χ2v) is 11.8. The monoisotopic (exact) mass is 510 g/mol. The first kappa shape index (κ1) is 26.2. The normalized spacial score (nSPS) is 12.6. The molecule has 0 aliphatic carbocycles. The van der Waals surface area contributed by atoms with E-state index in [9.17, 15) is 17.6 Å².